The number of benzene rings is 4. The summed E-state index contributed by atoms with van der Waals surface area (Å²) >= 11 is 0. The minimum absolute atomic E-state index is 0.137. The summed E-state index contributed by atoms with van der Waals surface area (Å²) in [7, 11) is 0. The lowest BCUT2D eigenvalue weighted by Gasteiger charge is -2.46. The third kappa shape index (κ3) is 2.56. The molecule has 0 saturated carbocycles. The van der Waals surface area contributed by atoms with E-state index in [-0.39, 0.29) is 10.8 Å². The number of hydrogen-bond donors (Lipinski definition) is 0. The lowest BCUT2D eigenvalue weighted by molar-refractivity contribution is 0.404. The molecule has 0 radical (unpaired) electrons. The zero-order valence-electron chi connectivity index (χ0n) is 18.1. The maximum Gasteiger partial charge on any atom is 0.0380 e. The highest BCUT2D eigenvalue weighted by Crippen LogP contribution is 2.68. The van der Waals surface area contributed by atoms with Crippen molar-refractivity contribution in [3.05, 3.63) is 156 Å². The van der Waals surface area contributed by atoms with Crippen LogP contribution in [-0.4, -0.2) is 0 Å². The van der Waals surface area contributed by atoms with Crippen LogP contribution in [0.3, 0.4) is 0 Å². The largest absolute Gasteiger partial charge is 0.0785 e. The maximum atomic E-state index is 2.52. The second-order valence-corrected chi connectivity index (χ2v) is 8.92. The quantitative estimate of drug-likeness (QED) is 0.321. The standard InChI is InChI=1S/C32H26/c1-5-13-25(14-6-1)29-21-23-32(28-19-11-4-12-20-28)30(26-15-7-2-8-16-26)22-24-31(29,32)27-17-9-3-10-18-27/h1-22H,23-24H2. The van der Waals surface area contributed by atoms with Crippen molar-refractivity contribution in [2.45, 2.75) is 23.7 Å². The third-order valence-corrected chi connectivity index (χ3v) is 7.58. The molecule has 2 unspecified atom stereocenters. The highest BCUT2D eigenvalue weighted by atomic mass is 14.6. The van der Waals surface area contributed by atoms with E-state index in [1.165, 1.54) is 33.4 Å². The van der Waals surface area contributed by atoms with E-state index in [0.29, 0.717) is 0 Å². The zero-order chi connectivity index (χ0) is 21.4. The van der Waals surface area contributed by atoms with Crippen molar-refractivity contribution in [3.8, 4) is 0 Å². The first-order valence-corrected chi connectivity index (χ1v) is 11.5. The van der Waals surface area contributed by atoms with Crippen LogP contribution in [0.15, 0.2) is 133 Å². The zero-order valence-corrected chi connectivity index (χ0v) is 18.1. The van der Waals surface area contributed by atoms with Crippen molar-refractivity contribution in [2.75, 3.05) is 0 Å². The van der Waals surface area contributed by atoms with Gasteiger partial charge in [0.05, 0.1) is 0 Å². The molecule has 0 heterocycles. The molecule has 0 bridgehead atoms. The highest BCUT2D eigenvalue weighted by molar-refractivity contribution is 5.93. The molecule has 4 aromatic carbocycles. The summed E-state index contributed by atoms with van der Waals surface area (Å²) in [6.45, 7) is 0. The second kappa shape index (κ2) is 7.50. The number of hydrogen-bond acceptors (Lipinski definition) is 0. The molecule has 0 nitrogen and oxygen atoms in total. The van der Waals surface area contributed by atoms with Gasteiger partial charge in [0.2, 0.25) is 0 Å². The number of rotatable bonds is 4. The van der Waals surface area contributed by atoms with Crippen LogP contribution >= 0.6 is 0 Å². The first-order valence-electron chi connectivity index (χ1n) is 11.5. The van der Waals surface area contributed by atoms with Gasteiger partial charge in [-0.2, -0.15) is 0 Å². The normalized spacial score (nSPS) is 24.0. The molecule has 6 rings (SSSR count). The molecule has 0 spiro atoms. The van der Waals surface area contributed by atoms with Crippen LogP contribution in [0, 0.1) is 0 Å². The van der Waals surface area contributed by atoms with Crippen molar-refractivity contribution in [3.63, 3.8) is 0 Å². The molecular weight excluding hydrogens is 384 g/mol. The van der Waals surface area contributed by atoms with Gasteiger partial charge in [0.25, 0.3) is 0 Å². The minimum atomic E-state index is -0.137. The fraction of sp³-hybridized carbons (Fsp3) is 0.125. The summed E-state index contributed by atoms with van der Waals surface area (Å²) in [4.78, 5) is 0. The molecule has 2 aliphatic rings. The smallest absolute Gasteiger partial charge is 0.0380 e. The Morgan fingerprint density at radius 2 is 0.688 bits per heavy atom. The van der Waals surface area contributed by atoms with Gasteiger partial charge >= 0.3 is 0 Å². The van der Waals surface area contributed by atoms with Crippen LogP contribution in [0.4, 0.5) is 0 Å². The molecule has 0 fully saturated rings. The Labute approximate surface area is 190 Å². The van der Waals surface area contributed by atoms with Gasteiger partial charge in [-0.1, -0.05) is 133 Å². The molecule has 32 heavy (non-hydrogen) atoms. The summed E-state index contributed by atoms with van der Waals surface area (Å²) in [6, 6.07) is 44.4. The van der Waals surface area contributed by atoms with Crippen LogP contribution in [0.2, 0.25) is 0 Å². The van der Waals surface area contributed by atoms with E-state index in [1.54, 1.807) is 0 Å². The van der Waals surface area contributed by atoms with E-state index >= 15 is 0 Å². The fourth-order valence-electron chi connectivity index (χ4n) is 6.34. The van der Waals surface area contributed by atoms with Crippen molar-refractivity contribution in [2.24, 2.45) is 0 Å². The van der Waals surface area contributed by atoms with Crippen LogP contribution in [0.25, 0.3) is 11.1 Å². The summed E-state index contributed by atoms with van der Waals surface area (Å²) < 4.78 is 0. The monoisotopic (exact) mass is 410 g/mol. The summed E-state index contributed by atoms with van der Waals surface area (Å²) in [6.07, 6.45) is 7.03. The molecule has 0 heteroatoms. The van der Waals surface area contributed by atoms with Crippen LogP contribution in [0.5, 0.6) is 0 Å². The van der Waals surface area contributed by atoms with Crippen molar-refractivity contribution in [1.29, 1.82) is 0 Å². The lowest BCUT2D eigenvalue weighted by Crippen LogP contribution is -2.44. The third-order valence-electron chi connectivity index (χ3n) is 7.58. The van der Waals surface area contributed by atoms with E-state index < -0.39 is 0 Å². The van der Waals surface area contributed by atoms with Gasteiger partial charge in [0.15, 0.2) is 0 Å². The predicted octanol–water partition coefficient (Wildman–Crippen LogP) is 7.84. The minimum Gasteiger partial charge on any atom is -0.0785 e. The van der Waals surface area contributed by atoms with Crippen molar-refractivity contribution in [1.82, 2.24) is 0 Å². The molecule has 2 atom stereocenters. The number of fused-ring (bicyclic) bond motifs is 1. The van der Waals surface area contributed by atoms with E-state index in [2.05, 4.69) is 133 Å². The SMILES string of the molecule is C1=C(c2ccccc2)C2(c3ccccc3)CC=C(c3ccccc3)C2(c2ccccc2)C1. The molecule has 0 saturated heterocycles. The molecular formula is C32H26. The summed E-state index contributed by atoms with van der Waals surface area (Å²) in [5.41, 5.74) is 8.10. The van der Waals surface area contributed by atoms with E-state index in [1.807, 2.05) is 0 Å². The Morgan fingerprint density at radius 3 is 1.03 bits per heavy atom. The summed E-state index contributed by atoms with van der Waals surface area (Å²) in [5.74, 6) is 0. The van der Waals surface area contributed by atoms with Gasteiger partial charge in [-0.05, 0) is 46.2 Å². The molecule has 0 amide bonds. The first-order chi connectivity index (χ1) is 15.9. The summed E-state index contributed by atoms with van der Waals surface area (Å²) in [5, 5.41) is 0. The molecule has 0 aliphatic heterocycles. The van der Waals surface area contributed by atoms with Gasteiger partial charge in [-0.15, -0.1) is 0 Å². The molecule has 4 aromatic rings. The van der Waals surface area contributed by atoms with E-state index in [4.69, 9.17) is 0 Å². The Bertz CT molecular complexity index is 1180. The Morgan fingerprint density at radius 1 is 0.375 bits per heavy atom. The average molecular weight is 411 g/mol. The predicted molar refractivity (Wildman–Crippen MR) is 134 cm³/mol. The van der Waals surface area contributed by atoms with E-state index in [0.717, 1.165) is 12.8 Å². The Hall–Kier alpha value is -3.64. The van der Waals surface area contributed by atoms with Gasteiger partial charge < -0.3 is 0 Å². The first kappa shape index (κ1) is 19.1. The van der Waals surface area contributed by atoms with Gasteiger partial charge in [0, 0.05) is 10.8 Å². The van der Waals surface area contributed by atoms with Gasteiger partial charge in [-0.25, -0.2) is 0 Å². The van der Waals surface area contributed by atoms with Crippen LogP contribution < -0.4 is 0 Å². The van der Waals surface area contributed by atoms with Crippen molar-refractivity contribution >= 4 is 11.1 Å². The average Bonchev–Trinajstić information content (AvgIpc) is 3.40. The fourth-order valence-corrected chi connectivity index (χ4v) is 6.34. The second-order valence-electron chi connectivity index (χ2n) is 8.92. The van der Waals surface area contributed by atoms with Crippen molar-refractivity contribution < 1.29 is 0 Å². The van der Waals surface area contributed by atoms with Gasteiger partial charge in [0.1, 0.15) is 0 Å². The molecule has 0 N–H and O–H groups in total. The van der Waals surface area contributed by atoms with Crippen LogP contribution in [0.1, 0.15) is 35.1 Å². The van der Waals surface area contributed by atoms with Gasteiger partial charge in [-0.3, -0.25) is 0 Å². The topological polar surface area (TPSA) is 0 Å². The van der Waals surface area contributed by atoms with E-state index in [9.17, 15) is 0 Å². The molecule has 154 valence electrons. The maximum absolute atomic E-state index is 2.52. The molecule has 0 aromatic heterocycles. The van der Waals surface area contributed by atoms with Crippen LogP contribution in [-0.2, 0) is 10.8 Å². The number of allylic oxidation sites excluding steroid dienone is 4. The lowest BCUT2D eigenvalue weighted by atomic mass is 9.54. The molecule has 2 aliphatic carbocycles. The Balaban J connectivity index is 1.67. The highest BCUT2D eigenvalue weighted by Gasteiger charge is 2.62. The Kier molecular flexibility index (Phi) is 4.47.